The second kappa shape index (κ2) is 8.24. The number of hydrogen-bond donors (Lipinski definition) is 0. The van der Waals surface area contributed by atoms with E-state index in [9.17, 15) is 9.59 Å². The average Bonchev–Trinajstić information content (AvgIpc) is 2.71. The summed E-state index contributed by atoms with van der Waals surface area (Å²) in [5, 5.41) is 0. The van der Waals surface area contributed by atoms with E-state index < -0.39 is 18.1 Å². The van der Waals surface area contributed by atoms with Gasteiger partial charge in [0.2, 0.25) is 0 Å². The molecule has 1 aliphatic heterocycles. The zero-order valence-corrected chi connectivity index (χ0v) is 15.1. The highest BCUT2D eigenvalue weighted by atomic mass is 16.6. The summed E-state index contributed by atoms with van der Waals surface area (Å²) < 4.78 is 9.97. The Morgan fingerprint density at radius 3 is 2.63 bits per heavy atom. The zero-order chi connectivity index (χ0) is 19.2. The number of amides is 1. The molecule has 0 radical (unpaired) electrons. The summed E-state index contributed by atoms with van der Waals surface area (Å²) in [4.78, 5) is 25.8. The minimum Gasteiger partial charge on any atom is -0.465 e. The number of hydrogen-bond acceptors (Lipinski definition) is 4. The summed E-state index contributed by atoms with van der Waals surface area (Å²) in [5.74, 6) is 5.77. The van der Waals surface area contributed by atoms with Crippen molar-refractivity contribution in [2.24, 2.45) is 0 Å². The molecule has 5 heteroatoms. The molecule has 1 amide bonds. The highest BCUT2D eigenvalue weighted by molar-refractivity contribution is 5.97. The molecule has 1 aliphatic rings. The number of nitrogens with zero attached hydrogens (tertiary/aromatic N) is 1. The molecule has 2 aromatic carbocycles. The summed E-state index contributed by atoms with van der Waals surface area (Å²) in [6.07, 6.45) is 3.18. The lowest BCUT2D eigenvalue weighted by Gasteiger charge is -2.30. The van der Waals surface area contributed by atoms with Gasteiger partial charge in [-0.3, -0.25) is 4.90 Å². The van der Waals surface area contributed by atoms with E-state index in [4.69, 9.17) is 9.47 Å². The van der Waals surface area contributed by atoms with E-state index in [0.717, 1.165) is 11.1 Å². The van der Waals surface area contributed by atoms with E-state index in [1.54, 1.807) is 25.1 Å². The number of benzene rings is 2. The van der Waals surface area contributed by atoms with E-state index >= 15 is 0 Å². The van der Waals surface area contributed by atoms with Crippen LogP contribution < -0.4 is 4.90 Å². The van der Waals surface area contributed by atoms with Crippen molar-refractivity contribution in [1.29, 1.82) is 0 Å². The topological polar surface area (TPSA) is 55.8 Å². The van der Waals surface area contributed by atoms with Gasteiger partial charge in [0, 0.05) is 5.56 Å². The van der Waals surface area contributed by atoms with Crippen LogP contribution in [0.2, 0.25) is 0 Å². The molecule has 136 valence electrons. The highest BCUT2D eigenvalue weighted by Crippen LogP contribution is 2.30. The van der Waals surface area contributed by atoms with Crippen molar-refractivity contribution in [3.05, 3.63) is 71.3 Å². The number of ether oxygens (including phenoxy) is 2. The van der Waals surface area contributed by atoms with Crippen molar-refractivity contribution in [3.8, 4) is 11.8 Å². The molecule has 0 spiro atoms. The Morgan fingerprint density at radius 2 is 1.93 bits per heavy atom. The van der Waals surface area contributed by atoms with Gasteiger partial charge in [-0.25, -0.2) is 9.59 Å². The first-order chi connectivity index (χ1) is 13.1. The third kappa shape index (κ3) is 4.01. The predicted molar refractivity (Wildman–Crippen MR) is 103 cm³/mol. The largest absolute Gasteiger partial charge is 0.465 e. The standard InChI is InChI=1S/C22H19NO4/c1-3-27-22(25)23-19(12-9-16-7-5-4-6-8-16)13-10-17-15-18(21(24)26-2)11-14-20(17)23/h4-8,10-11,13-15,19H,3H2,1-2H3/t19-/m1/s1. The molecular weight excluding hydrogens is 342 g/mol. The van der Waals surface area contributed by atoms with Crippen molar-refractivity contribution in [3.63, 3.8) is 0 Å². The minimum absolute atomic E-state index is 0.257. The van der Waals surface area contributed by atoms with Gasteiger partial charge in [-0.2, -0.15) is 0 Å². The average molecular weight is 361 g/mol. The van der Waals surface area contributed by atoms with Crippen molar-refractivity contribution >= 4 is 23.8 Å². The SMILES string of the molecule is CCOC(=O)N1c2ccc(C(=O)OC)cc2C=C[C@H]1C#Cc1ccccc1. The molecule has 0 aliphatic carbocycles. The molecule has 2 aromatic rings. The number of anilines is 1. The number of fused-ring (bicyclic) bond motifs is 1. The van der Waals surface area contributed by atoms with Crippen molar-refractivity contribution in [1.82, 2.24) is 0 Å². The highest BCUT2D eigenvalue weighted by Gasteiger charge is 2.28. The molecule has 1 heterocycles. The summed E-state index contributed by atoms with van der Waals surface area (Å²) in [6.45, 7) is 2.01. The van der Waals surface area contributed by atoms with Gasteiger partial charge in [0.25, 0.3) is 0 Å². The van der Waals surface area contributed by atoms with Crippen molar-refractivity contribution in [2.45, 2.75) is 13.0 Å². The first-order valence-corrected chi connectivity index (χ1v) is 8.57. The molecule has 0 fully saturated rings. The van der Waals surface area contributed by atoms with E-state index in [0.29, 0.717) is 11.3 Å². The van der Waals surface area contributed by atoms with Crippen LogP contribution in [-0.2, 0) is 9.47 Å². The Hall–Kier alpha value is -3.52. The normalized spacial score (nSPS) is 14.6. The molecule has 0 saturated carbocycles. The molecule has 0 saturated heterocycles. The number of methoxy groups -OCH3 is 1. The molecule has 0 unspecified atom stereocenters. The maximum atomic E-state index is 12.6. The lowest BCUT2D eigenvalue weighted by Crippen LogP contribution is -2.41. The second-order valence-electron chi connectivity index (χ2n) is 5.77. The lowest BCUT2D eigenvalue weighted by molar-refractivity contribution is 0.0600. The number of carbonyl (C=O) groups is 2. The second-order valence-corrected chi connectivity index (χ2v) is 5.77. The Kier molecular flexibility index (Phi) is 5.58. The van der Waals surface area contributed by atoms with Crippen LogP contribution in [0.3, 0.4) is 0 Å². The molecule has 0 bridgehead atoms. The smallest absolute Gasteiger partial charge is 0.415 e. The fourth-order valence-corrected chi connectivity index (χ4v) is 2.78. The van der Waals surface area contributed by atoms with Gasteiger partial charge in [0.1, 0.15) is 6.04 Å². The fourth-order valence-electron chi connectivity index (χ4n) is 2.78. The quantitative estimate of drug-likeness (QED) is 0.602. The first-order valence-electron chi connectivity index (χ1n) is 8.57. The van der Waals surface area contributed by atoms with Crippen LogP contribution in [0.4, 0.5) is 10.5 Å². The van der Waals surface area contributed by atoms with E-state index in [2.05, 4.69) is 11.8 Å². The maximum Gasteiger partial charge on any atom is 0.415 e. The monoisotopic (exact) mass is 361 g/mol. The molecule has 0 N–H and O–H groups in total. The van der Waals surface area contributed by atoms with Crippen LogP contribution in [0, 0.1) is 11.8 Å². The first kappa shape index (κ1) is 18.3. The predicted octanol–water partition coefficient (Wildman–Crippen LogP) is 3.88. The number of esters is 1. The van der Waals surface area contributed by atoms with Gasteiger partial charge in [-0.1, -0.05) is 36.1 Å². The third-order valence-electron chi connectivity index (χ3n) is 4.05. The maximum absolute atomic E-state index is 12.6. The van der Waals surface area contributed by atoms with E-state index in [-0.39, 0.29) is 6.61 Å². The van der Waals surface area contributed by atoms with Crippen molar-refractivity contribution in [2.75, 3.05) is 18.6 Å². The van der Waals surface area contributed by atoms with Gasteiger partial charge in [0.15, 0.2) is 0 Å². The zero-order valence-electron chi connectivity index (χ0n) is 15.1. The van der Waals surface area contributed by atoms with Crippen LogP contribution in [-0.4, -0.2) is 31.8 Å². The van der Waals surface area contributed by atoms with Gasteiger partial charge in [-0.05, 0) is 48.9 Å². The molecule has 5 nitrogen and oxygen atoms in total. The molecule has 1 atom stereocenters. The summed E-state index contributed by atoms with van der Waals surface area (Å²) in [6, 6.07) is 14.1. The van der Waals surface area contributed by atoms with Crippen LogP contribution in [0.1, 0.15) is 28.4 Å². The van der Waals surface area contributed by atoms with Gasteiger partial charge in [0.05, 0.1) is 25.0 Å². The minimum atomic E-state index is -0.485. The van der Waals surface area contributed by atoms with Crippen LogP contribution in [0.15, 0.2) is 54.6 Å². The molecule has 0 aromatic heterocycles. The Labute approximate surface area is 158 Å². The number of rotatable bonds is 2. The lowest BCUT2D eigenvalue weighted by atomic mass is 10.0. The van der Waals surface area contributed by atoms with Gasteiger partial charge >= 0.3 is 12.1 Å². The Balaban J connectivity index is 1.99. The van der Waals surface area contributed by atoms with Crippen molar-refractivity contribution < 1.29 is 19.1 Å². The third-order valence-corrected chi connectivity index (χ3v) is 4.05. The summed E-state index contributed by atoms with van der Waals surface area (Å²) in [5.41, 5.74) is 2.64. The Morgan fingerprint density at radius 1 is 1.15 bits per heavy atom. The number of carbonyl (C=O) groups excluding carboxylic acids is 2. The molecule has 27 heavy (non-hydrogen) atoms. The van der Waals surface area contributed by atoms with E-state index in [1.165, 1.54) is 12.0 Å². The Bertz CT molecular complexity index is 938. The molecular formula is C22H19NO4. The van der Waals surface area contributed by atoms with Gasteiger partial charge in [-0.15, -0.1) is 0 Å². The van der Waals surface area contributed by atoms with E-state index in [1.807, 2.05) is 42.5 Å². The molecule has 3 rings (SSSR count). The van der Waals surface area contributed by atoms with Crippen LogP contribution in [0.5, 0.6) is 0 Å². The summed E-state index contributed by atoms with van der Waals surface area (Å²) >= 11 is 0. The van der Waals surface area contributed by atoms with Crippen LogP contribution in [0.25, 0.3) is 6.08 Å². The van der Waals surface area contributed by atoms with Gasteiger partial charge < -0.3 is 9.47 Å². The fraction of sp³-hybridized carbons (Fsp3) is 0.182. The van der Waals surface area contributed by atoms with Crippen LogP contribution >= 0.6 is 0 Å². The summed E-state index contributed by atoms with van der Waals surface area (Å²) in [7, 11) is 1.33.